The van der Waals surface area contributed by atoms with Gasteiger partial charge in [0.25, 0.3) is 0 Å². The van der Waals surface area contributed by atoms with Crippen LogP contribution >= 0.6 is 0 Å². The highest BCUT2D eigenvalue weighted by Gasteiger charge is 2.61. The van der Waals surface area contributed by atoms with Crippen LogP contribution in [-0.4, -0.2) is 22.4 Å². The van der Waals surface area contributed by atoms with Crippen molar-refractivity contribution in [2.45, 2.75) is 118 Å². The Morgan fingerprint density at radius 3 is 2.39 bits per heavy atom. The number of hydrogen-bond acceptors (Lipinski definition) is 2. The summed E-state index contributed by atoms with van der Waals surface area (Å²) in [6.07, 6.45) is 12.2. The van der Waals surface area contributed by atoms with Gasteiger partial charge in [-0.1, -0.05) is 65.3 Å². The van der Waals surface area contributed by atoms with Gasteiger partial charge in [0.2, 0.25) is 0 Å². The van der Waals surface area contributed by atoms with Crippen molar-refractivity contribution >= 4 is 0 Å². The Morgan fingerprint density at radius 2 is 1.76 bits per heavy atom. The molecule has 0 spiro atoms. The molecule has 0 aromatic heterocycles. The first-order chi connectivity index (χ1) is 15.3. The molecule has 0 radical (unpaired) electrons. The SMILES string of the molecule is C=C(C)C(CC[C@@H](C)[C@H]1CC[C@H]2[C@@H]3[C@@H](O)C=C4C[C@@H](O)CC[C@]4(C)[C@H]3CC[C@]12C)C(C)(C)C. The molecule has 188 valence electrons. The lowest BCUT2D eigenvalue weighted by Crippen LogP contribution is -2.55. The minimum Gasteiger partial charge on any atom is -0.393 e. The maximum atomic E-state index is 11.4. The third-order valence-electron chi connectivity index (χ3n) is 11.4. The summed E-state index contributed by atoms with van der Waals surface area (Å²) in [6, 6.07) is 0. The maximum absolute atomic E-state index is 11.4. The predicted molar refractivity (Wildman–Crippen MR) is 139 cm³/mol. The van der Waals surface area contributed by atoms with Crippen LogP contribution in [0.5, 0.6) is 0 Å². The Kier molecular flexibility index (Phi) is 6.80. The van der Waals surface area contributed by atoms with E-state index in [1.54, 1.807) is 0 Å². The fraction of sp³-hybridized carbons (Fsp3) is 0.871. The molecule has 10 atom stereocenters. The molecule has 0 saturated heterocycles. The van der Waals surface area contributed by atoms with E-state index in [0.717, 1.165) is 31.1 Å². The molecule has 0 bridgehead atoms. The molecule has 1 unspecified atom stereocenters. The molecule has 0 aromatic carbocycles. The molecule has 0 amide bonds. The van der Waals surface area contributed by atoms with E-state index in [-0.39, 0.29) is 23.0 Å². The van der Waals surface area contributed by atoms with Gasteiger partial charge in [-0.05, 0) is 116 Å². The second-order valence-corrected chi connectivity index (χ2v) is 14.3. The first-order valence-electron chi connectivity index (χ1n) is 14.0. The van der Waals surface area contributed by atoms with Crippen LogP contribution in [0.1, 0.15) is 106 Å². The van der Waals surface area contributed by atoms with E-state index in [1.165, 1.54) is 49.7 Å². The normalized spacial score (nSPS) is 44.8. The number of hydrogen-bond donors (Lipinski definition) is 2. The van der Waals surface area contributed by atoms with Gasteiger partial charge in [0.15, 0.2) is 0 Å². The van der Waals surface area contributed by atoms with E-state index in [2.05, 4.69) is 61.1 Å². The first kappa shape index (κ1) is 25.5. The smallest absolute Gasteiger partial charge is 0.0757 e. The third-order valence-corrected chi connectivity index (χ3v) is 11.4. The van der Waals surface area contributed by atoms with Gasteiger partial charge in [-0.25, -0.2) is 0 Å². The van der Waals surface area contributed by atoms with Crippen LogP contribution in [0.4, 0.5) is 0 Å². The van der Waals surface area contributed by atoms with Crippen molar-refractivity contribution in [1.29, 1.82) is 0 Å². The average Bonchev–Trinajstić information content (AvgIpc) is 3.05. The predicted octanol–water partition coefficient (Wildman–Crippen LogP) is 7.55. The van der Waals surface area contributed by atoms with Crippen molar-refractivity contribution in [3.63, 3.8) is 0 Å². The van der Waals surface area contributed by atoms with Gasteiger partial charge in [-0.15, -0.1) is 0 Å². The minimum atomic E-state index is -0.323. The molecule has 2 N–H and O–H groups in total. The van der Waals surface area contributed by atoms with Crippen molar-refractivity contribution in [1.82, 2.24) is 0 Å². The zero-order valence-corrected chi connectivity index (χ0v) is 22.7. The molecule has 3 fully saturated rings. The lowest BCUT2D eigenvalue weighted by Gasteiger charge is -2.59. The largest absolute Gasteiger partial charge is 0.393 e. The van der Waals surface area contributed by atoms with Crippen LogP contribution in [-0.2, 0) is 0 Å². The molecule has 2 heteroatoms. The van der Waals surface area contributed by atoms with Crippen molar-refractivity contribution in [3.05, 3.63) is 23.8 Å². The maximum Gasteiger partial charge on any atom is 0.0757 e. The molecule has 4 rings (SSSR count). The number of rotatable bonds is 5. The van der Waals surface area contributed by atoms with Crippen LogP contribution in [0.3, 0.4) is 0 Å². The number of aliphatic hydroxyl groups is 2. The first-order valence-corrected chi connectivity index (χ1v) is 14.0. The average molecular weight is 457 g/mol. The molecule has 4 aliphatic carbocycles. The van der Waals surface area contributed by atoms with Crippen LogP contribution < -0.4 is 0 Å². The second kappa shape index (κ2) is 8.81. The summed E-state index contributed by atoms with van der Waals surface area (Å²) in [5, 5.41) is 21.7. The molecular formula is C31H52O2. The van der Waals surface area contributed by atoms with E-state index in [9.17, 15) is 10.2 Å². The number of aliphatic hydroxyl groups excluding tert-OH is 2. The van der Waals surface area contributed by atoms with Gasteiger partial charge in [0, 0.05) is 0 Å². The zero-order valence-electron chi connectivity index (χ0n) is 22.7. The van der Waals surface area contributed by atoms with Gasteiger partial charge in [-0.2, -0.15) is 0 Å². The number of fused-ring (bicyclic) bond motifs is 5. The molecule has 4 aliphatic rings. The lowest BCUT2D eigenvalue weighted by atomic mass is 9.46. The Balaban J connectivity index is 1.51. The van der Waals surface area contributed by atoms with Gasteiger partial charge in [0.1, 0.15) is 0 Å². The molecule has 2 nitrogen and oxygen atoms in total. The highest BCUT2D eigenvalue weighted by molar-refractivity contribution is 5.28. The third kappa shape index (κ3) is 4.31. The van der Waals surface area contributed by atoms with E-state index in [0.29, 0.717) is 29.1 Å². The molecule has 0 heterocycles. The summed E-state index contributed by atoms with van der Waals surface area (Å²) < 4.78 is 0. The molecule has 0 aromatic rings. The summed E-state index contributed by atoms with van der Waals surface area (Å²) in [6.45, 7) is 21.2. The quantitative estimate of drug-likeness (QED) is 0.419. The summed E-state index contributed by atoms with van der Waals surface area (Å²) in [5.74, 6) is 3.72. The minimum absolute atomic E-state index is 0.190. The number of allylic oxidation sites excluding steroid dienone is 1. The van der Waals surface area contributed by atoms with Gasteiger partial charge >= 0.3 is 0 Å². The van der Waals surface area contributed by atoms with Crippen molar-refractivity contribution in [2.75, 3.05) is 0 Å². The Morgan fingerprint density at radius 1 is 1.06 bits per heavy atom. The van der Waals surface area contributed by atoms with E-state index in [1.807, 2.05) is 0 Å². The van der Waals surface area contributed by atoms with Crippen molar-refractivity contribution in [3.8, 4) is 0 Å². The van der Waals surface area contributed by atoms with E-state index in [4.69, 9.17) is 0 Å². The van der Waals surface area contributed by atoms with Crippen LogP contribution in [0.2, 0.25) is 0 Å². The lowest BCUT2D eigenvalue weighted by molar-refractivity contribution is -0.0972. The molecule has 33 heavy (non-hydrogen) atoms. The summed E-state index contributed by atoms with van der Waals surface area (Å²) in [5.41, 5.74) is 3.53. The van der Waals surface area contributed by atoms with Crippen molar-refractivity contribution in [2.24, 2.45) is 51.8 Å². The standard InChI is InChI=1S/C31H52O2/c1-19(2)23(29(4,5)6)10-9-20(3)24-11-12-25-28-26(14-16-31(24,25)8)30(7)15-13-22(32)17-21(30)18-27(28)33/h18,20,22-28,32-33H,1,9-17H2,2-8H3/t20-,22+,23?,24-,25+,26+,27+,28+,30+,31-/m1/s1. The van der Waals surface area contributed by atoms with E-state index >= 15 is 0 Å². The fourth-order valence-electron chi connectivity index (χ4n) is 9.65. The monoisotopic (exact) mass is 456 g/mol. The topological polar surface area (TPSA) is 40.5 Å². The van der Waals surface area contributed by atoms with Crippen LogP contribution in [0.25, 0.3) is 0 Å². The molecule has 3 saturated carbocycles. The second-order valence-electron chi connectivity index (χ2n) is 14.3. The fourth-order valence-corrected chi connectivity index (χ4v) is 9.65. The van der Waals surface area contributed by atoms with Gasteiger partial charge in [-0.3, -0.25) is 0 Å². The Hall–Kier alpha value is -0.600. The summed E-state index contributed by atoms with van der Waals surface area (Å²) >= 11 is 0. The summed E-state index contributed by atoms with van der Waals surface area (Å²) in [4.78, 5) is 0. The van der Waals surface area contributed by atoms with Gasteiger partial charge < -0.3 is 10.2 Å². The van der Waals surface area contributed by atoms with Crippen LogP contribution in [0, 0.1) is 51.8 Å². The Labute approximate surface area is 204 Å². The van der Waals surface area contributed by atoms with Gasteiger partial charge in [0.05, 0.1) is 12.2 Å². The highest BCUT2D eigenvalue weighted by atomic mass is 16.3. The van der Waals surface area contributed by atoms with E-state index < -0.39 is 0 Å². The molecular weight excluding hydrogens is 404 g/mol. The van der Waals surface area contributed by atoms with Crippen molar-refractivity contribution < 1.29 is 10.2 Å². The summed E-state index contributed by atoms with van der Waals surface area (Å²) in [7, 11) is 0. The molecule has 0 aliphatic heterocycles. The zero-order chi connectivity index (χ0) is 24.3. The Bertz CT molecular complexity index is 774. The van der Waals surface area contributed by atoms with Crippen LogP contribution in [0.15, 0.2) is 23.8 Å². The highest BCUT2D eigenvalue weighted by Crippen LogP contribution is 2.67.